The summed E-state index contributed by atoms with van der Waals surface area (Å²) >= 11 is 0. The number of aryl methyl sites for hydroxylation is 2. The van der Waals surface area contributed by atoms with Gasteiger partial charge in [-0.3, -0.25) is 4.90 Å². The van der Waals surface area contributed by atoms with Crippen molar-refractivity contribution in [2.24, 2.45) is 0 Å². The van der Waals surface area contributed by atoms with Crippen molar-refractivity contribution in [1.29, 1.82) is 0 Å². The van der Waals surface area contributed by atoms with Gasteiger partial charge in [-0.2, -0.15) is 13.2 Å². The first-order valence-corrected chi connectivity index (χ1v) is 10.5. The molecule has 0 spiro atoms. The van der Waals surface area contributed by atoms with Gasteiger partial charge >= 0.3 is 18.2 Å². The Hall–Kier alpha value is -3.08. The number of carbonyl (C=O) groups is 2. The van der Waals surface area contributed by atoms with Crippen LogP contribution in [0.4, 0.5) is 23.7 Å². The number of benzene rings is 1. The number of hydrogen-bond acceptors (Lipinski definition) is 4. The lowest BCUT2D eigenvalue weighted by molar-refractivity contribution is -0.192. The summed E-state index contributed by atoms with van der Waals surface area (Å²) in [5.74, 6) is -2.76. The molecule has 0 radical (unpaired) electrons. The number of carbonyl (C=O) groups excluding carboxylic acids is 1. The first-order valence-electron chi connectivity index (χ1n) is 10.5. The van der Waals surface area contributed by atoms with Gasteiger partial charge in [0.2, 0.25) is 0 Å². The van der Waals surface area contributed by atoms with Gasteiger partial charge in [0.05, 0.1) is 24.3 Å². The van der Waals surface area contributed by atoms with Gasteiger partial charge in [-0.05, 0) is 46.4 Å². The van der Waals surface area contributed by atoms with Crippen molar-refractivity contribution in [2.75, 3.05) is 18.9 Å². The quantitative estimate of drug-likeness (QED) is 0.704. The number of alkyl halides is 3. The van der Waals surface area contributed by atoms with E-state index in [1.807, 2.05) is 42.4 Å². The predicted octanol–water partition coefficient (Wildman–Crippen LogP) is 4.10. The fraction of sp³-hybridized carbons (Fsp3) is 0.500. The number of anilines is 1. The molecular weight excluding hydrogens is 439 g/mol. The highest BCUT2D eigenvalue weighted by atomic mass is 19.4. The zero-order chi connectivity index (χ0) is 24.8. The average Bonchev–Trinajstić information content (AvgIpc) is 2.96. The number of carboxylic acid groups (broad SMARTS) is 1. The van der Waals surface area contributed by atoms with Crippen molar-refractivity contribution < 1.29 is 27.9 Å². The third kappa shape index (κ3) is 7.77. The molecule has 1 aliphatic rings. The molecule has 0 unspecified atom stereocenters. The van der Waals surface area contributed by atoms with E-state index in [-0.39, 0.29) is 6.03 Å². The van der Waals surface area contributed by atoms with Crippen molar-refractivity contribution in [3.63, 3.8) is 0 Å². The Bertz CT molecular complexity index is 942. The second-order valence-corrected chi connectivity index (χ2v) is 8.21. The average molecular weight is 470 g/mol. The van der Waals surface area contributed by atoms with Crippen molar-refractivity contribution in [2.45, 2.75) is 59.0 Å². The van der Waals surface area contributed by atoms with Crippen LogP contribution in [0.15, 0.2) is 30.6 Å². The fourth-order valence-corrected chi connectivity index (χ4v) is 3.08. The maximum absolute atomic E-state index is 12.8. The van der Waals surface area contributed by atoms with Crippen LogP contribution in [0.5, 0.6) is 0 Å². The zero-order valence-corrected chi connectivity index (χ0v) is 19.2. The van der Waals surface area contributed by atoms with Gasteiger partial charge in [-0.25, -0.2) is 14.6 Å². The first kappa shape index (κ1) is 26.2. The van der Waals surface area contributed by atoms with Gasteiger partial charge in [0.25, 0.3) is 0 Å². The Morgan fingerprint density at radius 3 is 2.36 bits per heavy atom. The smallest absolute Gasteiger partial charge is 0.475 e. The molecule has 3 rings (SSSR count). The van der Waals surface area contributed by atoms with E-state index in [1.54, 1.807) is 0 Å². The van der Waals surface area contributed by atoms with Gasteiger partial charge in [0.1, 0.15) is 0 Å². The van der Waals surface area contributed by atoms with Crippen LogP contribution in [0.2, 0.25) is 0 Å². The van der Waals surface area contributed by atoms with Crippen LogP contribution >= 0.6 is 0 Å². The second kappa shape index (κ2) is 11.2. The molecule has 1 aromatic carbocycles. The molecule has 1 aromatic heterocycles. The number of rotatable bonds is 4. The third-order valence-corrected chi connectivity index (χ3v) is 5.31. The Labute approximate surface area is 191 Å². The van der Waals surface area contributed by atoms with E-state index >= 15 is 0 Å². The van der Waals surface area contributed by atoms with Crippen LogP contribution < -0.4 is 5.32 Å². The Morgan fingerprint density at radius 1 is 1.21 bits per heavy atom. The number of aliphatic carboxylic acids is 1. The minimum absolute atomic E-state index is 0.0494. The highest BCUT2D eigenvalue weighted by Gasteiger charge is 2.38. The Balaban J connectivity index is 0.000000479. The summed E-state index contributed by atoms with van der Waals surface area (Å²) in [6, 6.07) is 8.31. The van der Waals surface area contributed by atoms with E-state index in [9.17, 15) is 18.0 Å². The Kier molecular flexibility index (Phi) is 8.86. The number of urea groups is 1. The largest absolute Gasteiger partial charge is 0.490 e. The molecule has 2 aromatic rings. The molecule has 0 fully saturated rings. The summed E-state index contributed by atoms with van der Waals surface area (Å²) in [5.41, 5.74) is 4.23. The number of fused-ring (bicyclic) bond motifs is 1. The van der Waals surface area contributed by atoms with Crippen molar-refractivity contribution in [3.8, 4) is 0 Å². The molecule has 0 saturated carbocycles. The van der Waals surface area contributed by atoms with E-state index in [4.69, 9.17) is 9.90 Å². The van der Waals surface area contributed by atoms with Gasteiger partial charge < -0.3 is 19.9 Å². The van der Waals surface area contributed by atoms with Crippen LogP contribution in [0.3, 0.4) is 0 Å². The highest BCUT2D eigenvalue weighted by molar-refractivity contribution is 5.89. The summed E-state index contributed by atoms with van der Waals surface area (Å²) in [6.45, 7) is 9.44. The maximum Gasteiger partial charge on any atom is 0.490 e. The molecule has 0 atom stereocenters. The molecule has 1 aliphatic heterocycles. The van der Waals surface area contributed by atoms with E-state index < -0.39 is 12.1 Å². The monoisotopic (exact) mass is 469 g/mol. The summed E-state index contributed by atoms with van der Waals surface area (Å²) in [6.07, 6.45) is -2.23. The van der Waals surface area contributed by atoms with E-state index in [0.29, 0.717) is 12.6 Å². The number of halogens is 3. The highest BCUT2D eigenvalue weighted by Crippen LogP contribution is 2.19. The lowest BCUT2D eigenvalue weighted by atomic mass is 10.2. The van der Waals surface area contributed by atoms with E-state index in [1.165, 1.54) is 5.56 Å². The maximum atomic E-state index is 12.8. The number of imidazole rings is 1. The number of amides is 2. The fourth-order valence-electron chi connectivity index (χ4n) is 3.08. The summed E-state index contributed by atoms with van der Waals surface area (Å²) in [5, 5.41) is 10.1. The lowest BCUT2D eigenvalue weighted by Crippen LogP contribution is -2.35. The standard InChI is InChI=1S/C20H29N5O.C2HF3O2/c1-15(2)23(4)12-18-19-13-24(10-5-11-25(19)14-21-18)20(26)22-17-8-6-16(3)7-9-17;3-2(4,5)1(6)7/h6-9,14-15H,5,10-13H2,1-4H3,(H,22,26);(H,6,7). The molecule has 0 bridgehead atoms. The van der Waals surface area contributed by atoms with Crippen molar-refractivity contribution in [3.05, 3.63) is 47.5 Å². The van der Waals surface area contributed by atoms with Gasteiger partial charge in [0.15, 0.2) is 0 Å². The number of carboxylic acids is 1. The SMILES string of the molecule is Cc1ccc(NC(=O)N2CCCn3cnc(CN(C)C(C)C)c3C2)cc1.O=C(O)C(F)(F)F. The van der Waals surface area contributed by atoms with Crippen molar-refractivity contribution >= 4 is 17.7 Å². The molecule has 11 heteroatoms. The Morgan fingerprint density at radius 2 is 1.82 bits per heavy atom. The number of hydrogen-bond donors (Lipinski definition) is 2. The number of nitrogens with zero attached hydrogens (tertiary/aromatic N) is 4. The molecule has 2 heterocycles. The molecule has 2 N–H and O–H groups in total. The van der Waals surface area contributed by atoms with Crippen LogP contribution in [0.1, 0.15) is 37.2 Å². The van der Waals surface area contributed by atoms with Crippen LogP contribution in [0, 0.1) is 6.92 Å². The lowest BCUT2D eigenvalue weighted by Gasteiger charge is -2.23. The van der Waals surface area contributed by atoms with E-state index in [2.05, 4.69) is 40.7 Å². The van der Waals surface area contributed by atoms with Crippen molar-refractivity contribution in [1.82, 2.24) is 19.4 Å². The molecule has 0 aliphatic carbocycles. The molecule has 8 nitrogen and oxygen atoms in total. The van der Waals surface area contributed by atoms with Crippen LogP contribution in [-0.2, 0) is 24.4 Å². The summed E-state index contributed by atoms with van der Waals surface area (Å²) in [7, 11) is 2.11. The van der Waals surface area contributed by atoms with Gasteiger partial charge in [0, 0.05) is 31.4 Å². The minimum Gasteiger partial charge on any atom is -0.475 e. The summed E-state index contributed by atoms with van der Waals surface area (Å²) < 4.78 is 33.9. The van der Waals surface area contributed by atoms with Gasteiger partial charge in [-0.1, -0.05) is 17.7 Å². The molecule has 2 amide bonds. The van der Waals surface area contributed by atoms with E-state index in [0.717, 1.165) is 43.1 Å². The predicted molar refractivity (Wildman–Crippen MR) is 118 cm³/mol. The first-order chi connectivity index (χ1) is 15.4. The second-order valence-electron chi connectivity index (χ2n) is 8.21. The zero-order valence-electron chi connectivity index (χ0n) is 19.2. The van der Waals surface area contributed by atoms with Crippen LogP contribution in [-0.4, -0.2) is 62.3 Å². The molecule has 0 saturated heterocycles. The number of aromatic nitrogens is 2. The molecule has 182 valence electrons. The number of nitrogens with one attached hydrogen (secondary N) is 1. The third-order valence-electron chi connectivity index (χ3n) is 5.31. The topological polar surface area (TPSA) is 90.7 Å². The minimum atomic E-state index is -5.08. The summed E-state index contributed by atoms with van der Waals surface area (Å²) in [4.78, 5) is 30.4. The van der Waals surface area contributed by atoms with Gasteiger partial charge in [-0.15, -0.1) is 0 Å². The molecular formula is C22H30F3N5O3. The molecule has 33 heavy (non-hydrogen) atoms. The normalized spacial score (nSPS) is 13.8. The van der Waals surface area contributed by atoms with Crippen LogP contribution in [0.25, 0.3) is 0 Å².